The van der Waals surface area contributed by atoms with Crippen molar-refractivity contribution in [2.24, 2.45) is 0 Å². The van der Waals surface area contributed by atoms with Gasteiger partial charge in [-0.15, -0.1) is 0 Å². The zero-order chi connectivity index (χ0) is 14.7. The van der Waals surface area contributed by atoms with E-state index in [2.05, 4.69) is 9.97 Å². The molecule has 98 valence electrons. The van der Waals surface area contributed by atoms with Crippen molar-refractivity contribution in [2.45, 2.75) is 0 Å². The van der Waals surface area contributed by atoms with Crippen LogP contribution in [0.15, 0.2) is 60.6 Å². The lowest BCUT2D eigenvalue weighted by molar-refractivity contribution is 1.34. The largest absolute Gasteiger partial charge is 0.359 e. The van der Waals surface area contributed by atoms with Gasteiger partial charge in [-0.25, -0.2) is 0 Å². The minimum atomic E-state index is 0.0962. The molecule has 0 aliphatic heterocycles. The van der Waals surface area contributed by atoms with Gasteiger partial charge in [0, 0.05) is 28.9 Å². The summed E-state index contributed by atoms with van der Waals surface area (Å²) < 4.78 is 0. The topological polar surface area (TPSA) is 76.3 Å². The van der Waals surface area contributed by atoms with Gasteiger partial charge in [-0.1, -0.05) is 30.3 Å². The quantitative estimate of drug-likeness (QED) is 0.725. The Kier molecular flexibility index (Phi) is 3.21. The number of H-pyrrole nitrogens is 1. The number of allylic oxidation sites excluding steroid dienone is 1. The van der Waals surface area contributed by atoms with Gasteiger partial charge in [0.15, 0.2) is 0 Å². The highest BCUT2D eigenvalue weighted by molar-refractivity contribution is 5.99. The molecule has 3 aromatic rings. The summed E-state index contributed by atoms with van der Waals surface area (Å²) in [6.45, 7) is 0. The Morgan fingerprint density at radius 2 is 1.81 bits per heavy atom. The Labute approximate surface area is 121 Å². The molecule has 0 saturated carbocycles. The van der Waals surface area contributed by atoms with Crippen LogP contribution in [0.1, 0.15) is 11.1 Å². The molecule has 0 atom stereocenters. The third kappa shape index (κ3) is 2.16. The van der Waals surface area contributed by atoms with Crippen LogP contribution in [0.5, 0.6) is 0 Å². The number of hydrogen-bond donors (Lipinski definition) is 1. The molecule has 0 spiro atoms. The summed E-state index contributed by atoms with van der Waals surface area (Å²) in [7, 11) is 0. The molecule has 3 rings (SSSR count). The van der Waals surface area contributed by atoms with Gasteiger partial charge in [0.2, 0.25) is 0 Å². The molecular formula is C17H10N4. The summed E-state index contributed by atoms with van der Waals surface area (Å²) >= 11 is 0. The van der Waals surface area contributed by atoms with Crippen LogP contribution in [0.4, 0.5) is 0 Å². The fourth-order valence-electron chi connectivity index (χ4n) is 2.35. The van der Waals surface area contributed by atoms with E-state index in [1.165, 1.54) is 0 Å². The average molecular weight is 270 g/mol. The van der Waals surface area contributed by atoms with Crippen molar-refractivity contribution in [3.05, 3.63) is 71.7 Å². The second-order valence-electron chi connectivity index (χ2n) is 4.46. The predicted molar refractivity (Wildman–Crippen MR) is 79.8 cm³/mol. The standard InChI is InChI=1S/C17H10N4/c18-8-13(9-19)17(12-4-2-1-3-5-12)15-10-21-16-11-20-7-6-14(15)16/h1-7,10-11,21H. The Morgan fingerprint density at radius 3 is 2.52 bits per heavy atom. The monoisotopic (exact) mass is 270 g/mol. The Morgan fingerprint density at radius 1 is 1.05 bits per heavy atom. The number of nitrogens with zero attached hydrogens (tertiary/aromatic N) is 3. The van der Waals surface area contributed by atoms with E-state index in [4.69, 9.17) is 0 Å². The Bertz CT molecular complexity index is 889. The second-order valence-corrected chi connectivity index (χ2v) is 4.46. The van der Waals surface area contributed by atoms with Gasteiger partial charge in [-0.3, -0.25) is 4.98 Å². The van der Waals surface area contributed by atoms with E-state index in [0.29, 0.717) is 5.57 Å². The third-order valence-electron chi connectivity index (χ3n) is 3.29. The van der Waals surface area contributed by atoms with Gasteiger partial charge in [0.25, 0.3) is 0 Å². The van der Waals surface area contributed by atoms with E-state index in [0.717, 1.165) is 22.0 Å². The molecule has 2 heterocycles. The van der Waals surface area contributed by atoms with Crippen molar-refractivity contribution in [3.8, 4) is 12.1 Å². The third-order valence-corrected chi connectivity index (χ3v) is 3.29. The first-order valence-electron chi connectivity index (χ1n) is 6.36. The van der Waals surface area contributed by atoms with E-state index in [9.17, 15) is 10.5 Å². The smallest absolute Gasteiger partial charge is 0.138 e. The summed E-state index contributed by atoms with van der Waals surface area (Å²) in [4.78, 5) is 7.19. The summed E-state index contributed by atoms with van der Waals surface area (Å²) in [5, 5.41) is 19.5. The molecule has 0 saturated heterocycles. The normalized spacial score (nSPS) is 9.81. The van der Waals surface area contributed by atoms with Crippen LogP contribution in [0.25, 0.3) is 16.5 Å². The van der Waals surface area contributed by atoms with E-state index in [1.54, 1.807) is 12.4 Å². The van der Waals surface area contributed by atoms with Crippen LogP contribution in [-0.4, -0.2) is 9.97 Å². The minimum Gasteiger partial charge on any atom is -0.359 e. The highest BCUT2D eigenvalue weighted by Crippen LogP contribution is 2.31. The first-order chi connectivity index (χ1) is 10.3. The maximum Gasteiger partial charge on any atom is 0.138 e. The molecule has 1 N–H and O–H groups in total. The second kappa shape index (κ2) is 5.32. The number of rotatable bonds is 2. The van der Waals surface area contributed by atoms with Crippen LogP contribution >= 0.6 is 0 Å². The highest BCUT2D eigenvalue weighted by atomic mass is 14.7. The van der Waals surface area contributed by atoms with Crippen molar-refractivity contribution in [3.63, 3.8) is 0 Å². The minimum absolute atomic E-state index is 0.0962. The Balaban J connectivity index is 2.35. The van der Waals surface area contributed by atoms with Crippen LogP contribution in [0.3, 0.4) is 0 Å². The van der Waals surface area contributed by atoms with Crippen molar-refractivity contribution < 1.29 is 0 Å². The van der Waals surface area contributed by atoms with E-state index in [1.807, 2.05) is 54.7 Å². The number of fused-ring (bicyclic) bond motifs is 1. The molecule has 0 aliphatic rings. The molecule has 0 amide bonds. The van der Waals surface area contributed by atoms with E-state index in [-0.39, 0.29) is 5.57 Å². The van der Waals surface area contributed by atoms with Gasteiger partial charge in [0.1, 0.15) is 17.7 Å². The van der Waals surface area contributed by atoms with E-state index < -0.39 is 0 Å². The van der Waals surface area contributed by atoms with Crippen molar-refractivity contribution >= 4 is 16.5 Å². The molecule has 21 heavy (non-hydrogen) atoms. The van der Waals surface area contributed by atoms with Crippen LogP contribution in [0.2, 0.25) is 0 Å². The number of nitriles is 2. The molecule has 0 aliphatic carbocycles. The fraction of sp³-hybridized carbons (Fsp3) is 0. The zero-order valence-electron chi connectivity index (χ0n) is 11.0. The first-order valence-corrected chi connectivity index (χ1v) is 6.36. The van der Waals surface area contributed by atoms with Crippen molar-refractivity contribution in [1.82, 2.24) is 9.97 Å². The molecule has 0 fully saturated rings. The molecular weight excluding hydrogens is 260 g/mol. The highest BCUT2D eigenvalue weighted by Gasteiger charge is 2.15. The number of pyridine rings is 1. The maximum absolute atomic E-state index is 9.28. The number of aromatic amines is 1. The summed E-state index contributed by atoms with van der Waals surface area (Å²) in [6, 6.07) is 15.3. The van der Waals surface area contributed by atoms with Gasteiger partial charge < -0.3 is 4.98 Å². The lowest BCUT2D eigenvalue weighted by atomic mass is 9.94. The molecule has 2 aromatic heterocycles. The van der Waals surface area contributed by atoms with E-state index >= 15 is 0 Å². The molecule has 0 unspecified atom stereocenters. The SMILES string of the molecule is N#CC(C#N)=C(c1ccccc1)c1c[nH]c2cnccc12. The number of hydrogen-bond acceptors (Lipinski definition) is 3. The summed E-state index contributed by atoms with van der Waals surface area (Å²) in [5.74, 6) is 0. The van der Waals surface area contributed by atoms with Gasteiger partial charge in [0.05, 0.1) is 11.7 Å². The van der Waals surface area contributed by atoms with Crippen LogP contribution in [0, 0.1) is 22.7 Å². The van der Waals surface area contributed by atoms with Crippen molar-refractivity contribution in [1.29, 1.82) is 10.5 Å². The fourth-order valence-corrected chi connectivity index (χ4v) is 2.35. The van der Waals surface area contributed by atoms with Gasteiger partial charge in [-0.2, -0.15) is 10.5 Å². The van der Waals surface area contributed by atoms with Crippen LogP contribution in [-0.2, 0) is 0 Å². The molecule has 1 aromatic carbocycles. The lowest BCUT2D eigenvalue weighted by Crippen LogP contribution is -1.91. The van der Waals surface area contributed by atoms with Crippen LogP contribution < -0.4 is 0 Å². The average Bonchev–Trinajstić information content (AvgIpc) is 2.97. The number of aromatic nitrogens is 2. The summed E-state index contributed by atoms with van der Waals surface area (Å²) in [5.41, 5.74) is 3.28. The maximum atomic E-state index is 9.28. The number of nitrogens with one attached hydrogen (secondary N) is 1. The first kappa shape index (κ1) is 12.7. The Hall–Kier alpha value is -3.37. The molecule has 4 heteroatoms. The molecule has 4 nitrogen and oxygen atoms in total. The zero-order valence-corrected chi connectivity index (χ0v) is 11.0. The molecule has 0 bridgehead atoms. The predicted octanol–water partition coefficient (Wildman–Crippen LogP) is 3.41. The number of benzene rings is 1. The lowest BCUT2D eigenvalue weighted by Gasteiger charge is -2.07. The molecule has 0 radical (unpaired) electrons. The van der Waals surface area contributed by atoms with Gasteiger partial charge in [-0.05, 0) is 11.6 Å². The van der Waals surface area contributed by atoms with Crippen molar-refractivity contribution in [2.75, 3.05) is 0 Å². The summed E-state index contributed by atoms with van der Waals surface area (Å²) in [6.07, 6.45) is 5.23. The van der Waals surface area contributed by atoms with Gasteiger partial charge >= 0.3 is 0 Å².